The summed E-state index contributed by atoms with van der Waals surface area (Å²) in [5.74, 6) is -0.618. The first-order valence-electron chi connectivity index (χ1n) is 18.0. The van der Waals surface area contributed by atoms with Gasteiger partial charge in [-0.25, -0.2) is 13.2 Å². The van der Waals surface area contributed by atoms with Crippen molar-refractivity contribution in [3.05, 3.63) is 35.1 Å². The normalized spacial score (nSPS) is 33.8. The van der Waals surface area contributed by atoms with Crippen LogP contribution in [0.1, 0.15) is 141 Å². The predicted octanol–water partition coefficient (Wildman–Crippen LogP) is 11.5. The van der Waals surface area contributed by atoms with Crippen molar-refractivity contribution in [1.29, 1.82) is 0 Å². The summed E-state index contributed by atoms with van der Waals surface area (Å²) in [7, 11) is 0. The third kappa shape index (κ3) is 9.20. The van der Waals surface area contributed by atoms with Crippen LogP contribution in [0.25, 0.3) is 0 Å². The second-order valence-corrected chi connectivity index (χ2v) is 14.8. The number of rotatable bonds is 12. The van der Waals surface area contributed by atoms with Gasteiger partial charge in [-0.05, 0) is 137 Å². The molecule has 0 N–H and O–H groups in total. The molecule has 0 saturated heterocycles. The summed E-state index contributed by atoms with van der Waals surface area (Å²) in [5.41, 5.74) is 0.191. The maximum atomic E-state index is 15.2. The van der Waals surface area contributed by atoms with Crippen LogP contribution in [0.5, 0.6) is 0 Å². The molecule has 0 heterocycles. The third-order valence-corrected chi connectivity index (χ3v) is 12.0. The molecule has 250 valence electrons. The van der Waals surface area contributed by atoms with Crippen LogP contribution >= 0.6 is 0 Å². The van der Waals surface area contributed by atoms with Crippen molar-refractivity contribution < 1.29 is 31.4 Å². The van der Waals surface area contributed by atoms with Crippen molar-refractivity contribution in [2.45, 2.75) is 160 Å². The van der Waals surface area contributed by atoms with Crippen LogP contribution in [0.15, 0.2) is 12.1 Å². The SMILES string of the molecule is CCCCCC1CCC(C2CCC(C3CCC(OC(F)(F)C4CCC(OCc5cc(F)c(F)c(F)c5)CC4)CC3)CC2)CC1. The predicted molar refractivity (Wildman–Crippen MR) is 164 cm³/mol. The summed E-state index contributed by atoms with van der Waals surface area (Å²) >= 11 is 0. The van der Waals surface area contributed by atoms with E-state index in [0.717, 1.165) is 61.5 Å². The first-order chi connectivity index (χ1) is 21.2. The summed E-state index contributed by atoms with van der Waals surface area (Å²) in [6.45, 7) is 2.21. The molecule has 0 bridgehead atoms. The van der Waals surface area contributed by atoms with Gasteiger partial charge in [-0.3, -0.25) is 0 Å². The van der Waals surface area contributed by atoms with Crippen LogP contribution in [-0.4, -0.2) is 18.3 Å². The highest BCUT2D eigenvalue weighted by Crippen LogP contribution is 2.47. The molecule has 4 aliphatic carbocycles. The average Bonchev–Trinajstić information content (AvgIpc) is 3.03. The molecule has 5 rings (SSSR count). The Bertz CT molecular complexity index is 978. The summed E-state index contributed by atoms with van der Waals surface area (Å²) in [6.07, 6.45) is 17.8. The Labute approximate surface area is 262 Å². The van der Waals surface area contributed by atoms with Crippen LogP contribution < -0.4 is 0 Å². The van der Waals surface area contributed by atoms with Gasteiger partial charge in [-0.15, -0.1) is 0 Å². The highest BCUT2D eigenvalue weighted by atomic mass is 19.3. The minimum Gasteiger partial charge on any atom is -0.374 e. The summed E-state index contributed by atoms with van der Waals surface area (Å²) in [6, 6.07) is 1.82. The van der Waals surface area contributed by atoms with Gasteiger partial charge in [0.25, 0.3) is 0 Å². The van der Waals surface area contributed by atoms with E-state index in [1.54, 1.807) is 0 Å². The molecule has 0 unspecified atom stereocenters. The monoisotopic (exact) mass is 626 g/mol. The molecule has 0 aromatic heterocycles. The second kappa shape index (κ2) is 16.1. The fourth-order valence-electron chi connectivity index (χ4n) is 9.19. The minimum atomic E-state index is -3.15. The van der Waals surface area contributed by atoms with Crippen molar-refractivity contribution in [1.82, 2.24) is 0 Å². The molecule has 1 aromatic rings. The van der Waals surface area contributed by atoms with E-state index in [4.69, 9.17) is 9.47 Å². The molecular weight excluding hydrogens is 571 g/mol. The van der Waals surface area contributed by atoms with Crippen LogP contribution in [-0.2, 0) is 16.1 Å². The Morgan fingerprint density at radius 3 is 1.64 bits per heavy atom. The Balaban J connectivity index is 0.965. The summed E-state index contributed by atoms with van der Waals surface area (Å²) < 4.78 is 81.7. The van der Waals surface area contributed by atoms with E-state index in [1.165, 1.54) is 77.0 Å². The summed E-state index contributed by atoms with van der Waals surface area (Å²) in [5, 5.41) is 0. The van der Waals surface area contributed by atoms with Crippen molar-refractivity contribution in [2.75, 3.05) is 0 Å². The van der Waals surface area contributed by atoms with Crippen LogP contribution in [0, 0.1) is 53.0 Å². The smallest absolute Gasteiger partial charge is 0.358 e. The molecule has 2 nitrogen and oxygen atoms in total. The van der Waals surface area contributed by atoms with Gasteiger partial charge < -0.3 is 9.47 Å². The van der Waals surface area contributed by atoms with Gasteiger partial charge in [0.1, 0.15) is 0 Å². The zero-order valence-electron chi connectivity index (χ0n) is 26.8. The highest BCUT2D eigenvalue weighted by molar-refractivity contribution is 5.18. The van der Waals surface area contributed by atoms with E-state index in [2.05, 4.69) is 6.92 Å². The molecule has 4 aliphatic rings. The van der Waals surface area contributed by atoms with Crippen molar-refractivity contribution in [3.63, 3.8) is 0 Å². The van der Waals surface area contributed by atoms with Crippen molar-refractivity contribution in [2.24, 2.45) is 35.5 Å². The molecule has 4 saturated carbocycles. The van der Waals surface area contributed by atoms with E-state index in [-0.39, 0.29) is 37.2 Å². The van der Waals surface area contributed by atoms with Gasteiger partial charge in [0.15, 0.2) is 17.5 Å². The first-order valence-corrected chi connectivity index (χ1v) is 18.0. The minimum absolute atomic E-state index is 0.0819. The third-order valence-electron chi connectivity index (χ3n) is 12.0. The lowest BCUT2D eigenvalue weighted by atomic mass is 9.65. The number of ether oxygens (including phenoxy) is 2. The molecule has 44 heavy (non-hydrogen) atoms. The van der Waals surface area contributed by atoms with Gasteiger partial charge in [0, 0.05) is 0 Å². The van der Waals surface area contributed by atoms with E-state index in [9.17, 15) is 13.2 Å². The van der Waals surface area contributed by atoms with Crippen LogP contribution in [0.4, 0.5) is 22.0 Å². The van der Waals surface area contributed by atoms with Crippen molar-refractivity contribution in [3.8, 4) is 0 Å². The van der Waals surface area contributed by atoms with Crippen LogP contribution in [0.2, 0.25) is 0 Å². The van der Waals surface area contributed by atoms with E-state index in [1.807, 2.05) is 0 Å². The largest absolute Gasteiger partial charge is 0.374 e. The van der Waals surface area contributed by atoms with Gasteiger partial charge in [-0.1, -0.05) is 45.4 Å². The molecule has 0 radical (unpaired) electrons. The van der Waals surface area contributed by atoms with Gasteiger partial charge in [0.2, 0.25) is 0 Å². The lowest BCUT2D eigenvalue weighted by molar-refractivity contribution is -0.303. The molecule has 0 spiro atoms. The maximum Gasteiger partial charge on any atom is 0.358 e. The molecule has 0 atom stereocenters. The quantitative estimate of drug-likeness (QED) is 0.131. The van der Waals surface area contributed by atoms with Gasteiger partial charge >= 0.3 is 6.11 Å². The second-order valence-electron chi connectivity index (χ2n) is 14.8. The lowest BCUT2D eigenvalue weighted by Gasteiger charge is -2.42. The standard InChI is InChI=1S/C37H55F5O2/c1-2-3-4-5-25-6-8-27(9-7-25)28-10-12-29(13-11-28)30-14-18-33(19-15-30)44-37(41,42)31-16-20-32(21-17-31)43-24-26-22-34(38)36(40)35(39)23-26/h22-23,25,27-33H,2-21,24H2,1H3. The first kappa shape index (κ1) is 34.1. The lowest BCUT2D eigenvalue weighted by Crippen LogP contribution is -2.40. The molecule has 0 aliphatic heterocycles. The molecule has 0 amide bonds. The van der Waals surface area contributed by atoms with Crippen LogP contribution in [0.3, 0.4) is 0 Å². The number of hydrogen-bond donors (Lipinski definition) is 0. The zero-order valence-corrected chi connectivity index (χ0v) is 26.8. The number of alkyl halides is 2. The highest BCUT2D eigenvalue weighted by Gasteiger charge is 2.45. The Hall–Kier alpha value is -1.21. The van der Waals surface area contributed by atoms with E-state index < -0.39 is 29.5 Å². The molecule has 1 aromatic carbocycles. The fraction of sp³-hybridized carbons (Fsp3) is 0.838. The maximum absolute atomic E-state index is 15.2. The fourth-order valence-corrected chi connectivity index (χ4v) is 9.19. The van der Waals surface area contributed by atoms with Crippen molar-refractivity contribution >= 4 is 0 Å². The molecular formula is C37H55F5O2. The topological polar surface area (TPSA) is 18.5 Å². The summed E-state index contributed by atoms with van der Waals surface area (Å²) in [4.78, 5) is 0. The van der Waals surface area contributed by atoms with E-state index in [0.29, 0.717) is 18.8 Å². The average molecular weight is 627 g/mol. The molecule has 4 fully saturated rings. The number of halogens is 5. The number of benzene rings is 1. The Kier molecular flexibility index (Phi) is 12.5. The van der Waals surface area contributed by atoms with Gasteiger partial charge in [0.05, 0.1) is 24.7 Å². The Morgan fingerprint density at radius 1 is 0.636 bits per heavy atom. The van der Waals surface area contributed by atoms with E-state index >= 15 is 8.78 Å². The number of hydrogen-bond acceptors (Lipinski definition) is 2. The zero-order chi connectivity index (χ0) is 31.1. The molecule has 7 heteroatoms. The Morgan fingerprint density at radius 2 is 1.11 bits per heavy atom. The van der Waals surface area contributed by atoms with Gasteiger partial charge in [-0.2, -0.15) is 8.78 Å². The number of unbranched alkanes of at least 4 members (excludes halogenated alkanes) is 2.